The fourth-order valence-electron chi connectivity index (χ4n) is 1.69. The van der Waals surface area contributed by atoms with Crippen LogP contribution in [0.15, 0.2) is 30.5 Å². The number of anilines is 1. The molecule has 0 aromatic carbocycles. The van der Waals surface area contributed by atoms with Crippen LogP contribution in [0.3, 0.4) is 0 Å². The smallest absolute Gasteiger partial charge is 0.449 e. The van der Waals surface area contributed by atoms with Crippen LogP contribution < -0.4 is 10.1 Å². The van der Waals surface area contributed by atoms with E-state index in [1.54, 1.807) is 18.2 Å². The lowest BCUT2D eigenvalue weighted by atomic mass is 10.3. The highest BCUT2D eigenvalue weighted by atomic mass is 32.1. The Balaban J connectivity index is 1.85. The average molecular weight is 304 g/mol. The van der Waals surface area contributed by atoms with Crippen molar-refractivity contribution in [1.29, 1.82) is 0 Å². The monoisotopic (exact) mass is 304 g/mol. The van der Waals surface area contributed by atoms with Crippen LogP contribution in [0.4, 0.5) is 10.6 Å². The fraction of sp³-hybridized carbons (Fsp3) is 0. The molecule has 0 radical (unpaired) electrons. The van der Waals surface area contributed by atoms with E-state index in [1.807, 2.05) is 0 Å². The Morgan fingerprint density at radius 3 is 2.95 bits per heavy atom. The lowest BCUT2D eigenvalue weighted by Crippen LogP contribution is -2.13. The Kier molecular flexibility index (Phi) is 3.24. The quantitative estimate of drug-likeness (QED) is 0.639. The zero-order valence-corrected chi connectivity index (χ0v) is 11.2. The number of thiophene rings is 1. The molecule has 0 spiro atoms. The van der Waals surface area contributed by atoms with Gasteiger partial charge in [0.1, 0.15) is 10.5 Å². The highest BCUT2D eigenvalue weighted by Crippen LogP contribution is 2.34. The molecule has 3 aromatic heterocycles. The predicted molar refractivity (Wildman–Crippen MR) is 74.8 cm³/mol. The second kappa shape index (κ2) is 5.21. The molecule has 0 unspecified atom stereocenters. The van der Waals surface area contributed by atoms with E-state index in [-0.39, 0.29) is 16.6 Å². The minimum atomic E-state index is -1.40. The summed E-state index contributed by atoms with van der Waals surface area (Å²) in [6, 6.07) is 6.47. The first-order valence-corrected chi connectivity index (χ1v) is 6.56. The Bertz CT molecular complexity index is 811. The summed E-state index contributed by atoms with van der Waals surface area (Å²) in [5, 5.41) is 18.6. The Labute approximate surface area is 121 Å². The van der Waals surface area contributed by atoms with Gasteiger partial charge in [0.2, 0.25) is 0 Å². The number of fused-ring (bicyclic) bond motifs is 1. The number of carbonyl (C=O) groups excluding carboxylic acids is 1. The summed E-state index contributed by atoms with van der Waals surface area (Å²) >= 11 is 1.08. The third-order valence-electron chi connectivity index (χ3n) is 2.55. The van der Waals surface area contributed by atoms with Crippen molar-refractivity contribution in [3.63, 3.8) is 0 Å². The van der Waals surface area contributed by atoms with Crippen LogP contribution in [0.1, 0.15) is 10.5 Å². The van der Waals surface area contributed by atoms with E-state index in [0.29, 0.717) is 10.2 Å². The summed E-state index contributed by atoms with van der Waals surface area (Å²) in [6.45, 7) is 0. The first kappa shape index (κ1) is 13.1. The van der Waals surface area contributed by atoms with Crippen LogP contribution in [-0.2, 0) is 0 Å². The highest BCUT2D eigenvalue weighted by Gasteiger charge is 2.15. The number of nitrogens with one attached hydrogen (secondary N) is 2. The van der Waals surface area contributed by atoms with Crippen LogP contribution in [0.5, 0.6) is 5.06 Å². The number of hydrogen-bond acceptors (Lipinski definition) is 6. The molecule has 0 aliphatic rings. The van der Waals surface area contributed by atoms with Gasteiger partial charge in [0.25, 0.3) is 5.91 Å². The number of rotatable bonds is 3. The van der Waals surface area contributed by atoms with Crippen LogP contribution in [-0.4, -0.2) is 32.4 Å². The van der Waals surface area contributed by atoms with Crippen molar-refractivity contribution >= 4 is 39.4 Å². The topological polar surface area (TPSA) is 117 Å². The third kappa shape index (κ3) is 2.67. The van der Waals surface area contributed by atoms with E-state index in [1.165, 1.54) is 12.3 Å². The van der Waals surface area contributed by atoms with Gasteiger partial charge in [0, 0.05) is 12.3 Å². The van der Waals surface area contributed by atoms with E-state index in [9.17, 15) is 9.59 Å². The summed E-state index contributed by atoms with van der Waals surface area (Å²) in [6.07, 6.45) is 0.115. The van der Waals surface area contributed by atoms with E-state index >= 15 is 0 Å². The first-order chi connectivity index (χ1) is 10.1. The van der Waals surface area contributed by atoms with Crippen LogP contribution in [0, 0.1) is 0 Å². The maximum atomic E-state index is 12.0. The molecule has 0 saturated heterocycles. The molecule has 0 bridgehead atoms. The predicted octanol–water partition coefficient (Wildman–Crippen LogP) is 2.33. The van der Waals surface area contributed by atoms with Crippen molar-refractivity contribution in [1.82, 2.24) is 15.2 Å². The molecule has 3 N–H and O–H groups in total. The van der Waals surface area contributed by atoms with Gasteiger partial charge in [0.05, 0.1) is 5.39 Å². The fourth-order valence-corrected chi connectivity index (χ4v) is 2.54. The van der Waals surface area contributed by atoms with Gasteiger partial charge >= 0.3 is 6.16 Å². The van der Waals surface area contributed by atoms with E-state index in [2.05, 4.69) is 25.2 Å². The molecule has 0 aliphatic heterocycles. The number of pyridine rings is 1. The molecule has 8 nitrogen and oxygen atoms in total. The Morgan fingerprint density at radius 1 is 1.38 bits per heavy atom. The molecule has 106 valence electrons. The molecule has 0 aliphatic carbocycles. The molecule has 3 heterocycles. The summed E-state index contributed by atoms with van der Waals surface area (Å²) < 4.78 is 4.56. The van der Waals surface area contributed by atoms with Gasteiger partial charge in [-0.2, -0.15) is 5.10 Å². The van der Waals surface area contributed by atoms with Crippen LogP contribution >= 0.6 is 11.3 Å². The largest absolute Gasteiger partial charge is 0.512 e. The summed E-state index contributed by atoms with van der Waals surface area (Å²) in [5.74, 6) is -0.118. The molecular weight excluding hydrogens is 296 g/mol. The van der Waals surface area contributed by atoms with Gasteiger partial charge in [-0.1, -0.05) is 17.4 Å². The minimum Gasteiger partial charge on any atom is -0.449 e. The van der Waals surface area contributed by atoms with Crippen LogP contribution in [0.2, 0.25) is 0 Å². The van der Waals surface area contributed by atoms with Gasteiger partial charge in [-0.25, -0.2) is 4.79 Å². The van der Waals surface area contributed by atoms with Gasteiger partial charge < -0.3 is 15.2 Å². The van der Waals surface area contributed by atoms with Gasteiger partial charge in [0.15, 0.2) is 10.9 Å². The molecule has 21 heavy (non-hydrogen) atoms. The molecule has 3 rings (SSSR count). The molecule has 3 aromatic rings. The minimum absolute atomic E-state index is 0.194. The lowest BCUT2D eigenvalue weighted by Gasteiger charge is -2.00. The number of carboxylic acid groups (broad SMARTS) is 1. The number of carbonyl (C=O) groups is 2. The van der Waals surface area contributed by atoms with E-state index in [0.717, 1.165) is 11.3 Å². The standard InChI is InChI=1S/C12H8N4O4S/c17-10(7-3-1-2-4-13-7)14-9-6-5-8(20-12(18)19)21-11(6)16-15-9/h1-5H,(H,18,19)(H2,14,15,16,17). The summed E-state index contributed by atoms with van der Waals surface area (Å²) in [7, 11) is 0. The zero-order chi connectivity index (χ0) is 14.8. The Morgan fingerprint density at radius 2 is 2.24 bits per heavy atom. The van der Waals surface area contributed by atoms with Crippen molar-refractivity contribution in [2.45, 2.75) is 0 Å². The Hall–Kier alpha value is -2.94. The number of nitrogens with zero attached hydrogens (tertiary/aromatic N) is 2. The number of H-pyrrole nitrogens is 1. The van der Waals surface area contributed by atoms with E-state index < -0.39 is 12.1 Å². The van der Waals surface area contributed by atoms with Crippen LogP contribution in [0.25, 0.3) is 10.2 Å². The first-order valence-electron chi connectivity index (χ1n) is 5.74. The molecule has 0 saturated carbocycles. The van der Waals surface area contributed by atoms with Crippen molar-refractivity contribution in [2.24, 2.45) is 0 Å². The average Bonchev–Trinajstić information content (AvgIpc) is 3.00. The number of amides is 1. The van der Waals surface area contributed by atoms with Crippen molar-refractivity contribution in [3.05, 3.63) is 36.2 Å². The zero-order valence-electron chi connectivity index (χ0n) is 10.4. The lowest BCUT2D eigenvalue weighted by molar-refractivity contribution is 0.102. The van der Waals surface area contributed by atoms with E-state index in [4.69, 9.17) is 5.11 Å². The van der Waals surface area contributed by atoms with Crippen molar-refractivity contribution < 1.29 is 19.4 Å². The maximum absolute atomic E-state index is 12.0. The maximum Gasteiger partial charge on any atom is 0.512 e. The second-order valence-electron chi connectivity index (χ2n) is 3.92. The molecule has 9 heteroatoms. The molecule has 1 amide bonds. The number of aromatic nitrogens is 3. The normalized spacial score (nSPS) is 10.5. The molecular formula is C12H8N4O4S. The molecule has 0 atom stereocenters. The van der Waals surface area contributed by atoms with Gasteiger partial charge in [-0.05, 0) is 12.1 Å². The number of hydrogen-bond donors (Lipinski definition) is 3. The summed E-state index contributed by atoms with van der Waals surface area (Å²) in [4.78, 5) is 27.0. The molecule has 0 fully saturated rings. The highest BCUT2D eigenvalue weighted by molar-refractivity contribution is 7.20. The van der Waals surface area contributed by atoms with Gasteiger partial charge in [-0.3, -0.25) is 14.9 Å². The van der Waals surface area contributed by atoms with Crippen molar-refractivity contribution in [3.8, 4) is 5.06 Å². The van der Waals surface area contributed by atoms with Gasteiger partial charge in [-0.15, -0.1) is 0 Å². The second-order valence-corrected chi connectivity index (χ2v) is 4.93. The van der Waals surface area contributed by atoms with Crippen molar-refractivity contribution in [2.75, 3.05) is 5.32 Å². The number of ether oxygens (including phenoxy) is 1. The number of aromatic amines is 1. The third-order valence-corrected chi connectivity index (χ3v) is 3.47. The SMILES string of the molecule is O=C(O)Oc1cc2c(NC(=O)c3ccccn3)n[nH]c2s1. The summed E-state index contributed by atoms with van der Waals surface area (Å²) in [5.41, 5.74) is 0.255.